The van der Waals surface area contributed by atoms with Gasteiger partial charge >= 0.3 is 0 Å². The molecule has 2 aromatic heterocycles. The number of nitrogen functional groups attached to an aromatic ring is 1. The topological polar surface area (TPSA) is 69.6 Å². The molecule has 5 heteroatoms. The SMILES string of the molecule is Nc1nc(-c2ccccc2)nc2nn(CCCc3ccccc3)cc12. The molecule has 0 aliphatic rings. The second kappa shape index (κ2) is 6.73. The molecule has 0 spiro atoms. The van der Waals surface area contributed by atoms with Crippen LogP contribution in [0.25, 0.3) is 22.4 Å². The molecule has 5 nitrogen and oxygen atoms in total. The Morgan fingerprint density at radius 2 is 1.60 bits per heavy atom. The summed E-state index contributed by atoms with van der Waals surface area (Å²) in [4.78, 5) is 9.00. The first-order valence-corrected chi connectivity index (χ1v) is 8.39. The molecule has 0 saturated heterocycles. The van der Waals surface area contributed by atoms with Crippen molar-refractivity contribution in [2.75, 3.05) is 5.73 Å². The van der Waals surface area contributed by atoms with Gasteiger partial charge in [-0.25, -0.2) is 9.97 Å². The number of anilines is 1. The van der Waals surface area contributed by atoms with Crippen LogP contribution in [0.5, 0.6) is 0 Å². The van der Waals surface area contributed by atoms with Crippen molar-refractivity contribution in [2.24, 2.45) is 0 Å². The third-order valence-electron chi connectivity index (χ3n) is 4.18. The maximum Gasteiger partial charge on any atom is 0.186 e. The number of rotatable bonds is 5. The summed E-state index contributed by atoms with van der Waals surface area (Å²) >= 11 is 0. The summed E-state index contributed by atoms with van der Waals surface area (Å²) < 4.78 is 1.91. The van der Waals surface area contributed by atoms with E-state index in [0.717, 1.165) is 30.3 Å². The molecular formula is C20H19N5. The second-order valence-corrected chi connectivity index (χ2v) is 6.02. The van der Waals surface area contributed by atoms with Crippen LogP contribution in [0.3, 0.4) is 0 Å². The molecule has 4 rings (SSSR count). The highest BCUT2D eigenvalue weighted by molar-refractivity contribution is 5.86. The molecule has 0 saturated carbocycles. The highest BCUT2D eigenvalue weighted by Crippen LogP contribution is 2.22. The molecule has 0 bridgehead atoms. The lowest BCUT2D eigenvalue weighted by molar-refractivity contribution is 0.583. The van der Waals surface area contributed by atoms with Gasteiger partial charge in [-0.1, -0.05) is 60.7 Å². The third kappa shape index (κ3) is 3.35. The average molecular weight is 329 g/mol. The maximum absolute atomic E-state index is 6.12. The van der Waals surface area contributed by atoms with E-state index < -0.39 is 0 Å². The molecule has 2 heterocycles. The molecule has 2 N–H and O–H groups in total. The van der Waals surface area contributed by atoms with Crippen LogP contribution in [0.1, 0.15) is 12.0 Å². The van der Waals surface area contributed by atoms with Crippen molar-refractivity contribution in [3.63, 3.8) is 0 Å². The van der Waals surface area contributed by atoms with E-state index in [0.29, 0.717) is 17.3 Å². The lowest BCUT2D eigenvalue weighted by Crippen LogP contribution is -2.00. The van der Waals surface area contributed by atoms with Crippen molar-refractivity contribution in [3.05, 3.63) is 72.4 Å². The minimum atomic E-state index is 0.471. The van der Waals surface area contributed by atoms with Gasteiger partial charge in [0.05, 0.1) is 5.39 Å². The summed E-state index contributed by atoms with van der Waals surface area (Å²) in [6.45, 7) is 0.825. The van der Waals surface area contributed by atoms with Crippen molar-refractivity contribution in [2.45, 2.75) is 19.4 Å². The molecule has 124 valence electrons. The fourth-order valence-corrected chi connectivity index (χ4v) is 2.89. The molecule has 0 amide bonds. The van der Waals surface area contributed by atoms with Crippen LogP contribution in [0.15, 0.2) is 66.9 Å². The molecule has 0 unspecified atom stereocenters. The zero-order valence-corrected chi connectivity index (χ0v) is 13.8. The number of aryl methyl sites for hydroxylation is 2. The van der Waals surface area contributed by atoms with E-state index >= 15 is 0 Å². The standard InChI is InChI=1S/C20H19N5/c21-18-17-14-25(13-7-10-15-8-3-1-4-9-15)24-20(17)23-19(22-18)16-11-5-2-6-12-16/h1-6,8-9,11-12,14H,7,10,13H2,(H2,21,22,23,24). The van der Waals surface area contributed by atoms with Gasteiger partial charge in [0.25, 0.3) is 0 Å². The van der Waals surface area contributed by atoms with E-state index in [4.69, 9.17) is 5.73 Å². The van der Waals surface area contributed by atoms with Crippen LogP contribution in [-0.4, -0.2) is 19.7 Å². The molecule has 0 aliphatic heterocycles. The molecule has 4 aromatic rings. The summed E-state index contributed by atoms with van der Waals surface area (Å²) in [6, 6.07) is 20.3. The van der Waals surface area contributed by atoms with Gasteiger partial charge < -0.3 is 5.73 Å². The first-order valence-electron chi connectivity index (χ1n) is 8.39. The Morgan fingerprint density at radius 1 is 0.880 bits per heavy atom. The van der Waals surface area contributed by atoms with Crippen LogP contribution >= 0.6 is 0 Å². The number of nitrogens with two attached hydrogens (primary N) is 1. The highest BCUT2D eigenvalue weighted by Gasteiger charge is 2.10. The first-order chi connectivity index (χ1) is 12.3. The zero-order chi connectivity index (χ0) is 17.1. The number of hydrogen-bond donors (Lipinski definition) is 1. The van der Waals surface area contributed by atoms with Crippen LogP contribution in [0, 0.1) is 0 Å². The molecule has 25 heavy (non-hydrogen) atoms. The summed E-state index contributed by atoms with van der Waals surface area (Å²) in [5, 5.41) is 5.38. The van der Waals surface area contributed by atoms with Crippen molar-refractivity contribution in [3.8, 4) is 11.4 Å². The van der Waals surface area contributed by atoms with Crippen molar-refractivity contribution in [1.29, 1.82) is 0 Å². The van der Waals surface area contributed by atoms with Gasteiger partial charge in [0.2, 0.25) is 0 Å². The zero-order valence-electron chi connectivity index (χ0n) is 13.8. The smallest absolute Gasteiger partial charge is 0.186 e. The van der Waals surface area contributed by atoms with E-state index in [9.17, 15) is 0 Å². The van der Waals surface area contributed by atoms with E-state index in [1.54, 1.807) is 0 Å². The minimum Gasteiger partial charge on any atom is -0.383 e. The van der Waals surface area contributed by atoms with Gasteiger partial charge in [-0.3, -0.25) is 4.68 Å². The molecule has 0 fully saturated rings. The van der Waals surface area contributed by atoms with E-state index in [-0.39, 0.29) is 0 Å². The lowest BCUT2D eigenvalue weighted by atomic mass is 10.1. The monoisotopic (exact) mass is 329 g/mol. The largest absolute Gasteiger partial charge is 0.383 e. The van der Waals surface area contributed by atoms with Gasteiger partial charge in [-0.05, 0) is 18.4 Å². The van der Waals surface area contributed by atoms with Gasteiger partial charge in [0.1, 0.15) is 5.82 Å². The normalized spacial score (nSPS) is 11.0. The Morgan fingerprint density at radius 3 is 2.36 bits per heavy atom. The van der Waals surface area contributed by atoms with Crippen LogP contribution in [0.2, 0.25) is 0 Å². The molecule has 0 aliphatic carbocycles. The van der Waals surface area contributed by atoms with Crippen molar-refractivity contribution in [1.82, 2.24) is 19.7 Å². The Hall–Kier alpha value is -3.21. The molecule has 2 aromatic carbocycles. The van der Waals surface area contributed by atoms with Crippen LogP contribution in [0.4, 0.5) is 5.82 Å². The Bertz CT molecular complexity index is 977. The van der Waals surface area contributed by atoms with Crippen molar-refractivity contribution < 1.29 is 0 Å². The lowest BCUT2D eigenvalue weighted by Gasteiger charge is -2.01. The van der Waals surface area contributed by atoms with Gasteiger partial charge in [0.15, 0.2) is 11.5 Å². The number of fused-ring (bicyclic) bond motifs is 1. The number of nitrogens with zero attached hydrogens (tertiary/aromatic N) is 4. The van der Waals surface area contributed by atoms with E-state index in [2.05, 4.69) is 39.3 Å². The van der Waals surface area contributed by atoms with Gasteiger partial charge in [-0.15, -0.1) is 0 Å². The summed E-state index contributed by atoms with van der Waals surface area (Å²) in [7, 11) is 0. The average Bonchev–Trinajstić information content (AvgIpc) is 3.07. The Labute approximate surface area is 146 Å². The third-order valence-corrected chi connectivity index (χ3v) is 4.18. The van der Waals surface area contributed by atoms with Crippen molar-refractivity contribution >= 4 is 16.9 Å². The quantitative estimate of drug-likeness (QED) is 0.606. The summed E-state index contributed by atoms with van der Waals surface area (Å²) in [6.07, 6.45) is 3.97. The second-order valence-electron chi connectivity index (χ2n) is 6.02. The highest BCUT2D eigenvalue weighted by atomic mass is 15.3. The Kier molecular flexibility index (Phi) is 4.12. The maximum atomic E-state index is 6.12. The predicted molar refractivity (Wildman–Crippen MR) is 99.9 cm³/mol. The van der Waals surface area contributed by atoms with Crippen LogP contribution in [-0.2, 0) is 13.0 Å². The van der Waals surface area contributed by atoms with Gasteiger partial charge in [0, 0.05) is 18.3 Å². The molecule has 0 radical (unpaired) electrons. The Balaban J connectivity index is 1.54. The first kappa shape index (κ1) is 15.3. The van der Waals surface area contributed by atoms with Crippen LogP contribution < -0.4 is 5.73 Å². The number of benzene rings is 2. The predicted octanol–water partition coefficient (Wildman–Crippen LogP) is 3.71. The van der Waals surface area contributed by atoms with E-state index in [1.807, 2.05) is 47.3 Å². The molecule has 0 atom stereocenters. The van der Waals surface area contributed by atoms with E-state index in [1.165, 1.54) is 5.56 Å². The van der Waals surface area contributed by atoms with Gasteiger partial charge in [-0.2, -0.15) is 5.10 Å². The number of hydrogen-bond acceptors (Lipinski definition) is 4. The molecular weight excluding hydrogens is 310 g/mol. The minimum absolute atomic E-state index is 0.471. The fraction of sp³-hybridized carbons (Fsp3) is 0.150. The fourth-order valence-electron chi connectivity index (χ4n) is 2.89. The number of aromatic nitrogens is 4. The summed E-state index contributed by atoms with van der Waals surface area (Å²) in [5.41, 5.74) is 9.04. The summed E-state index contributed by atoms with van der Waals surface area (Å²) in [5.74, 6) is 1.08.